The Morgan fingerprint density at radius 2 is 1.80 bits per heavy atom. The molecule has 178 valence electrons. The van der Waals surface area contributed by atoms with E-state index in [1.165, 1.54) is 11.7 Å². The second-order valence-corrected chi connectivity index (χ2v) is 8.55. The van der Waals surface area contributed by atoms with Gasteiger partial charge in [-0.15, -0.1) is 11.3 Å². The highest BCUT2D eigenvalue weighted by Crippen LogP contribution is 2.40. The van der Waals surface area contributed by atoms with Gasteiger partial charge in [-0.2, -0.15) is 5.26 Å². The van der Waals surface area contributed by atoms with Crippen LogP contribution in [-0.2, 0) is 9.53 Å². The van der Waals surface area contributed by atoms with Gasteiger partial charge < -0.3 is 19.9 Å². The van der Waals surface area contributed by atoms with Crippen molar-refractivity contribution in [2.24, 2.45) is 5.73 Å². The molecule has 0 fully saturated rings. The van der Waals surface area contributed by atoms with Gasteiger partial charge in [-0.1, -0.05) is 36.4 Å². The zero-order valence-corrected chi connectivity index (χ0v) is 20.2. The van der Waals surface area contributed by atoms with Gasteiger partial charge in [0.2, 0.25) is 0 Å². The van der Waals surface area contributed by atoms with E-state index in [0.717, 1.165) is 11.3 Å². The first-order chi connectivity index (χ1) is 17.0. The number of carbonyl (C=O) groups excluding carboxylic acids is 1. The zero-order chi connectivity index (χ0) is 25.1. The summed E-state index contributed by atoms with van der Waals surface area (Å²) in [4.78, 5) is 26.6. The monoisotopic (exact) mass is 489 g/mol. The maximum atomic E-state index is 13.5. The van der Waals surface area contributed by atoms with Gasteiger partial charge in [0.05, 0.1) is 48.5 Å². The summed E-state index contributed by atoms with van der Waals surface area (Å²) >= 11 is 1.12. The lowest BCUT2D eigenvalue weighted by Crippen LogP contribution is -2.40. The highest BCUT2D eigenvalue weighted by atomic mass is 32.1. The standard InChI is InChI=1S/C26H23N3O5S/c1-4-34-26(31)22-21(16-10-6-8-12-19(16)33-3)17(14-27)25-29(23(22)28)24(30)20(35-25)13-15-9-5-7-11-18(15)32-2/h5-13,21H,4,28H2,1-3H3. The van der Waals surface area contributed by atoms with Crippen LogP contribution in [0.4, 0.5) is 0 Å². The first kappa shape index (κ1) is 23.9. The topological polar surface area (TPSA) is 117 Å². The van der Waals surface area contributed by atoms with Gasteiger partial charge >= 0.3 is 5.97 Å². The fourth-order valence-corrected chi connectivity index (χ4v) is 5.22. The zero-order valence-electron chi connectivity index (χ0n) is 19.4. The molecular weight excluding hydrogens is 466 g/mol. The van der Waals surface area contributed by atoms with Crippen LogP contribution >= 0.6 is 11.3 Å². The molecule has 3 aromatic rings. The molecule has 0 spiro atoms. The summed E-state index contributed by atoms with van der Waals surface area (Å²) in [6.07, 6.45) is 1.68. The third kappa shape index (κ3) is 4.09. The molecule has 1 unspecified atom stereocenters. The second kappa shape index (κ2) is 9.91. The maximum Gasteiger partial charge on any atom is 0.338 e. The summed E-state index contributed by atoms with van der Waals surface area (Å²) in [7, 11) is 3.05. The molecule has 1 atom stereocenters. The van der Waals surface area contributed by atoms with Crippen LogP contribution < -0.4 is 30.0 Å². The summed E-state index contributed by atoms with van der Waals surface area (Å²) in [5, 5.41) is 10.2. The van der Waals surface area contributed by atoms with E-state index in [0.29, 0.717) is 31.8 Å². The van der Waals surface area contributed by atoms with Crippen LogP contribution in [0.5, 0.6) is 11.5 Å². The Morgan fingerprint density at radius 3 is 2.46 bits per heavy atom. The minimum atomic E-state index is -0.868. The predicted octanol–water partition coefficient (Wildman–Crippen LogP) is 1.92. The highest BCUT2D eigenvalue weighted by molar-refractivity contribution is 7.07. The molecule has 1 aliphatic heterocycles. The maximum absolute atomic E-state index is 13.5. The lowest BCUT2D eigenvalue weighted by molar-refractivity contribution is -0.138. The van der Waals surface area contributed by atoms with Crippen molar-refractivity contribution in [3.63, 3.8) is 0 Å². The third-order valence-electron chi connectivity index (χ3n) is 5.64. The number of nitrogens with two attached hydrogens (primary N) is 1. The normalized spacial score (nSPS) is 15.4. The molecule has 8 nitrogen and oxygen atoms in total. The molecule has 0 saturated heterocycles. The molecule has 2 aromatic carbocycles. The smallest absolute Gasteiger partial charge is 0.338 e. The molecule has 0 aliphatic carbocycles. The van der Waals surface area contributed by atoms with E-state index in [4.69, 9.17) is 19.9 Å². The molecule has 0 bridgehead atoms. The summed E-state index contributed by atoms with van der Waals surface area (Å²) in [5.41, 5.74) is 7.51. The number of thiazole rings is 1. The summed E-state index contributed by atoms with van der Waals surface area (Å²) in [6, 6.07) is 16.5. The number of nitrogens with zero attached hydrogens (tertiary/aromatic N) is 2. The number of ether oxygens (including phenoxy) is 3. The van der Waals surface area contributed by atoms with Gasteiger partial charge in [-0.05, 0) is 25.1 Å². The summed E-state index contributed by atoms with van der Waals surface area (Å²) < 4.78 is 18.1. The second-order valence-electron chi connectivity index (χ2n) is 7.52. The van der Waals surface area contributed by atoms with Crippen molar-refractivity contribution in [1.29, 1.82) is 5.26 Å². The van der Waals surface area contributed by atoms with Crippen LogP contribution in [0.25, 0.3) is 17.5 Å². The van der Waals surface area contributed by atoms with Crippen molar-refractivity contribution in [3.8, 4) is 17.6 Å². The van der Waals surface area contributed by atoms with Crippen molar-refractivity contribution in [2.75, 3.05) is 20.8 Å². The number of methoxy groups -OCH3 is 2. The molecule has 0 amide bonds. The van der Waals surface area contributed by atoms with E-state index in [1.807, 2.05) is 18.2 Å². The van der Waals surface area contributed by atoms with Gasteiger partial charge in [0, 0.05) is 11.1 Å². The van der Waals surface area contributed by atoms with Crippen LogP contribution in [0.2, 0.25) is 0 Å². The number of hydrogen-bond donors (Lipinski definition) is 1. The summed E-state index contributed by atoms with van der Waals surface area (Å²) in [5.74, 6) is -0.572. The minimum absolute atomic E-state index is 0.0177. The largest absolute Gasteiger partial charge is 0.496 e. The van der Waals surface area contributed by atoms with Crippen LogP contribution in [0.15, 0.2) is 58.9 Å². The molecule has 35 heavy (non-hydrogen) atoms. The molecule has 2 N–H and O–H groups in total. The Bertz CT molecular complexity index is 1560. The Morgan fingerprint density at radius 1 is 1.14 bits per heavy atom. The van der Waals surface area contributed by atoms with Crippen molar-refractivity contribution in [2.45, 2.75) is 12.8 Å². The first-order valence-electron chi connectivity index (χ1n) is 10.8. The molecule has 4 rings (SSSR count). The van der Waals surface area contributed by atoms with E-state index in [2.05, 4.69) is 6.07 Å². The van der Waals surface area contributed by atoms with Crippen molar-refractivity contribution in [3.05, 3.63) is 84.8 Å². The Labute approximate surface area is 205 Å². The Kier molecular flexibility index (Phi) is 6.75. The van der Waals surface area contributed by atoms with Crippen LogP contribution in [0, 0.1) is 11.3 Å². The average Bonchev–Trinajstić information content (AvgIpc) is 3.20. The van der Waals surface area contributed by atoms with E-state index in [-0.39, 0.29) is 23.6 Å². The van der Waals surface area contributed by atoms with Crippen LogP contribution in [-0.4, -0.2) is 31.4 Å². The highest BCUT2D eigenvalue weighted by Gasteiger charge is 2.37. The SMILES string of the molecule is CCOC(=O)C1=C(N)n2c(sc(=Cc3ccccc3OC)c2=O)=C(C#N)C1c1ccccc1OC. The molecule has 2 heterocycles. The molecule has 9 heteroatoms. The molecule has 1 aromatic heterocycles. The molecule has 0 saturated carbocycles. The number of esters is 1. The first-order valence-corrected chi connectivity index (χ1v) is 11.6. The Balaban J connectivity index is 2.10. The number of benzene rings is 2. The van der Waals surface area contributed by atoms with Crippen LogP contribution in [0.1, 0.15) is 24.0 Å². The van der Waals surface area contributed by atoms with Crippen molar-refractivity contribution in [1.82, 2.24) is 4.57 Å². The lowest BCUT2D eigenvalue weighted by atomic mass is 9.83. The van der Waals surface area contributed by atoms with Gasteiger partial charge in [0.25, 0.3) is 5.56 Å². The van der Waals surface area contributed by atoms with Crippen molar-refractivity contribution >= 4 is 34.8 Å². The van der Waals surface area contributed by atoms with Gasteiger partial charge in [-0.25, -0.2) is 4.79 Å². The Hall–Kier alpha value is -4.29. The lowest BCUT2D eigenvalue weighted by Gasteiger charge is -2.26. The number of nitriles is 1. The number of para-hydroxylation sites is 2. The van der Waals surface area contributed by atoms with E-state index in [9.17, 15) is 14.9 Å². The quantitative estimate of drug-likeness (QED) is 0.526. The van der Waals surface area contributed by atoms with Crippen molar-refractivity contribution < 1.29 is 19.0 Å². The fraction of sp³-hybridized carbons (Fsp3) is 0.192. The number of hydrogen-bond acceptors (Lipinski definition) is 8. The molecule has 0 radical (unpaired) electrons. The third-order valence-corrected chi connectivity index (χ3v) is 6.75. The van der Waals surface area contributed by atoms with E-state index in [1.54, 1.807) is 50.4 Å². The van der Waals surface area contributed by atoms with E-state index < -0.39 is 17.4 Å². The molecule has 1 aliphatic rings. The van der Waals surface area contributed by atoms with Gasteiger partial charge in [0.1, 0.15) is 22.0 Å². The number of fused-ring (bicyclic) bond motifs is 1. The molecular formula is C26H23N3O5S. The van der Waals surface area contributed by atoms with Gasteiger partial charge in [0.15, 0.2) is 0 Å². The fourth-order valence-electron chi connectivity index (χ4n) is 4.10. The minimum Gasteiger partial charge on any atom is -0.496 e. The number of carbonyl (C=O) groups is 1. The number of rotatable bonds is 6. The number of aromatic nitrogens is 1. The van der Waals surface area contributed by atoms with E-state index >= 15 is 0 Å². The summed E-state index contributed by atoms with van der Waals surface area (Å²) in [6.45, 7) is 1.78. The predicted molar refractivity (Wildman–Crippen MR) is 133 cm³/mol. The average molecular weight is 490 g/mol. The van der Waals surface area contributed by atoms with Crippen LogP contribution in [0.3, 0.4) is 0 Å². The van der Waals surface area contributed by atoms with Gasteiger partial charge in [-0.3, -0.25) is 9.36 Å².